The highest BCUT2D eigenvalue weighted by Gasteiger charge is 2.55. The van der Waals surface area contributed by atoms with Crippen LogP contribution in [-0.2, 0) is 14.3 Å². The Bertz CT molecular complexity index is 1160. The van der Waals surface area contributed by atoms with Crippen molar-refractivity contribution >= 4 is 22.6 Å². The Balaban J connectivity index is 1.86. The number of benzene rings is 3. The Kier molecular flexibility index (Phi) is 5.37. The summed E-state index contributed by atoms with van der Waals surface area (Å²) in [6.45, 7) is 0. The van der Waals surface area contributed by atoms with E-state index in [-0.39, 0.29) is 0 Å². The molecular formula is C23H19FN2O5. The summed E-state index contributed by atoms with van der Waals surface area (Å²) in [5, 5.41) is 16.7. The first-order chi connectivity index (χ1) is 14.9. The molecule has 158 valence electrons. The number of ether oxygens (including phenoxy) is 1. The summed E-state index contributed by atoms with van der Waals surface area (Å²) in [5.74, 6) is -4.63. The summed E-state index contributed by atoms with van der Waals surface area (Å²) in [7, 11) is 1.12. The van der Waals surface area contributed by atoms with E-state index in [1.807, 2.05) is 30.3 Å². The molecule has 1 fully saturated rings. The van der Waals surface area contributed by atoms with E-state index in [4.69, 9.17) is 4.74 Å². The van der Waals surface area contributed by atoms with Crippen LogP contribution in [0.25, 0.3) is 10.8 Å². The van der Waals surface area contributed by atoms with Crippen LogP contribution in [0.2, 0.25) is 0 Å². The lowest BCUT2D eigenvalue weighted by atomic mass is 9.73. The maximum atomic E-state index is 13.5. The standard InChI is InChI=1S/C23H19FN2O5/c1-31-23(28)19-18(14-8-10-17(24)11-9-14)21(26(29)30)20(25-22(19)27)16-7-6-13-4-2-3-5-15(13)12-16/h2-12,18-21H,1H3,(H,25,27)/t18-,19-,20-,21-/m1/s1. The van der Waals surface area contributed by atoms with Gasteiger partial charge in [0.1, 0.15) is 17.8 Å². The number of nitrogens with one attached hydrogen (secondary N) is 1. The fourth-order valence-corrected chi connectivity index (χ4v) is 4.29. The zero-order chi connectivity index (χ0) is 22.1. The number of amides is 1. The number of hydrogen-bond acceptors (Lipinski definition) is 5. The van der Waals surface area contributed by atoms with E-state index in [9.17, 15) is 24.1 Å². The van der Waals surface area contributed by atoms with Gasteiger partial charge in [-0.15, -0.1) is 0 Å². The van der Waals surface area contributed by atoms with E-state index in [2.05, 4.69) is 5.32 Å². The Morgan fingerprint density at radius 3 is 2.32 bits per heavy atom. The lowest BCUT2D eigenvalue weighted by Crippen LogP contribution is -2.56. The Hall–Kier alpha value is -3.81. The van der Waals surface area contributed by atoms with Crippen molar-refractivity contribution in [3.8, 4) is 0 Å². The van der Waals surface area contributed by atoms with Gasteiger partial charge in [0.2, 0.25) is 11.9 Å². The molecule has 31 heavy (non-hydrogen) atoms. The van der Waals surface area contributed by atoms with Crippen LogP contribution in [0.4, 0.5) is 4.39 Å². The minimum Gasteiger partial charge on any atom is -0.468 e. The van der Waals surface area contributed by atoms with Crippen molar-refractivity contribution in [2.75, 3.05) is 7.11 Å². The molecule has 1 saturated heterocycles. The Morgan fingerprint density at radius 2 is 1.68 bits per heavy atom. The van der Waals surface area contributed by atoms with Crippen LogP contribution >= 0.6 is 0 Å². The molecule has 0 unspecified atom stereocenters. The minimum absolute atomic E-state index is 0.319. The maximum Gasteiger partial charge on any atom is 0.319 e. The first kappa shape index (κ1) is 20.5. The zero-order valence-electron chi connectivity index (χ0n) is 16.5. The number of carbonyl (C=O) groups excluding carboxylic acids is 2. The second-order valence-electron chi connectivity index (χ2n) is 7.45. The molecule has 0 radical (unpaired) electrons. The van der Waals surface area contributed by atoms with Gasteiger partial charge in [0.15, 0.2) is 0 Å². The number of nitro groups is 1. The molecule has 1 heterocycles. The van der Waals surface area contributed by atoms with Crippen LogP contribution in [0.3, 0.4) is 0 Å². The molecule has 4 rings (SSSR count). The summed E-state index contributed by atoms with van der Waals surface area (Å²) in [5.41, 5.74) is 0.864. The summed E-state index contributed by atoms with van der Waals surface area (Å²) >= 11 is 0. The first-order valence-corrected chi connectivity index (χ1v) is 9.66. The van der Waals surface area contributed by atoms with E-state index in [0.717, 1.165) is 30.0 Å². The smallest absolute Gasteiger partial charge is 0.319 e. The number of methoxy groups -OCH3 is 1. The highest BCUT2D eigenvalue weighted by Crippen LogP contribution is 2.41. The van der Waals surface area contributed by atoms with Crippen LogP contribution in [-0.4, -0.2) is 30.0 Å². The summed E-state index contributed by atoms with van der Waals surface area (Å²) < 4.78 is 18.3. The van der Waals surface area contributed by atoms with Gasteiger partial charge in [0.25, 0.3) is 0 Å². The number of esters is 1. The fraction of sp³-hybridized carbons (Fsp3) is 0.217. The van der Waals surface area contributed by atoms with Gasteiger partial charge in [0.05, 0.1) is 13.0 Å². The van der Waals surface area contributed by atoms with E-state index >= 15 is 0 Å². The Morgan fingerprint density at radius 1 is 1.03 bits per heavy atom. The van der Waals surface area contributed by atoms with Gasteiger partial charge in [-0.2, -0.15) is 0 Å². The summed E-state index contributed by atoms with van der Waals surface area (Å²) in [6.07, 6.45) is 0. The number of piperidine rings is 1. The monoisotopic (exact) mass is 422 g/mol. The molecule has 3 aromatic carbocycles. The van der Waals surface area contributed by atoms with Gasteiger partial charge < -0.3 is 10.1 Å². The summed E-state index contributed by atoms with van der Waals surface area (Å²) in [4.78, 5) is 37.1. The van der Waals surface area contributed by atoms with Crippen LogP contribution in [0.1, 0.15) is 23.1 Å². The predicted molar refractivity (Wildman–Crippen MR) is 110 cm³/mol. The van der Waals surface area contributed by atoms with Crippen LogP contribution < -0.4 is 5.32 Å². The SMILES string of the molecule is COC(=O)[C@H]1C(=O)N[C@H](c2ccc3ccccc3c2)[C@H]([N+](=O)[O-])[C@@H]1c1ccc(F)cc1. The van der Waals surface area contributed by atoms with Gasteiger partial charge in [-0.05, 0) is 40.1 Å². The van der Waals surface area contributed by atoms with Crippen molar-refractivity contribution in [2.45, 2.75) is 18.0 Å². The molecule has 1 aliphatic rings. The topological polar surface area (TPSA) is 98.5 Å². The van der Waals surface area contributed by atoms with Crippen LogP contribution in [0.15, 0.2) is 66.7 Å². The third-order valence-electron chi connectivity index (χ3n) is 5.73. The largest absolute Gasteiger partial charge is 0.468 e. The summed E-state index contributed by atoms with van der Waals surface area (Å²) in [6, 6.07) is 15.5. The van der Waals surface area contributed by atoms with Crippen LogP contribution in [0.5, 0.6) is 0 Å². The molecule has 1 aliphatic heterocycles. The molecule has 8 heteroatoms. The van der Waals surface area contributed by atoms with Gasteiger partial charge in [0, 0.05) is 4.92 Å². The van der Waals surface area contributed by atoms with Crippen molar-refractivity contribution in [3.05, 3.63) is 93.8 Å². The van der Waals surface area contributed by atoms with E-state index in [1.54, 1.807) is 12.1 Å². The van der Waals surface area contributed by atoms with Gasteiger partial charge in [-0.3, -0.25) is 19.7 Å². The van der Waals surface area contributed by atoms with Crippen molar-refractivity contribution in [2.24, 2.45) is 5.92 Å². The lowest BCUT2D eigenvalue weighted by Gasteiger charge is -2.37. The van der Waals surface area contributed by atoms with E-state index in [1.165, 1.54) is 12.1 Å². The average molecular weight is 422 g/mol. The second-order valence-corrected chi connectivity index (χ2v) is 7.45. The highest BCUT2D eigenvalue weighted by atomic mass is 19.1. The van der Waals surface area contributed by atoms with Gasteiger partial charge in [-0.1, -0.05) is 48.5 Å². The number of nitrogens with zero attached hydrogens (tertiary/aromatic N) is 1. The number of fused-ring (bicyclic) bond motifs is 1. The quantitative estimate of drug-likeness (QED) is 0.301. The number of rotatable bonds is 4. The fourth-order valence-electron chi connectivity index (χ4n) is 4.29. The molecule has 0 spiro atoms. The molecule has 0 saturated carbocycles. The molecule has 0 bridgehead atoms. The Labute approximate surface area is 177 Å². The maximum absolute atomic E-state index is 13.5. The van der Waals surface area contributed by atoms with E-state index in [0.29, 0.717) is 11.1 Å². The molecular weight excluding hydrogens is 403 g/mol. The molecule has 1 amide bonds. The molecule has 3 aromatic rings. The second kappa shape index (κ2) is 8.14. The van der Waals surface area contributed by atoms with Gasteiger partial charge in [-0.25, -0.2) is 4.39 Å². The normalized spacial score (nSPS) is 23.2. The lowest BCUT2D eigenvalue weighted by molar-refractivity contribution is -0.534. The molecule has 4 atom stereocenters. The average Bonchev–Trinajstić information content (AvgIpc) is 2.77. The van der Waals surface area contributed by atoms with Crippen molar-refractivity contribution < 1.29 is 23.6 Å². The molecule has 0 aliphatic carbocycles. The van der Waals surface area contributed by atoms with Gasteiger partial charge >= 0.3 is 5.97 Å². The number of carbonyl (C=O) groups is 2. The van der Waals surface area contributed by atoms with Crippen LogP contribution in [0, 0.1) is 21.8 Å². The van der Waals surface area contributed by atoms with Crippen molar-refractivity contribution in [1.82, 2.24) is 5.32 Å². The number of halogens is 1. The third-order valence-corrected chi connectivity index (χ3v) is 5.73. The van der Waals surface area contributed by atoms with E-state index < -0.39 is 46.5 Å². The molecule has 1 N–H and O–H groups in total. The third kappa shape index (κ3) is 3.72. The predicted octanol–water partition coefficient (Wildman–Crippen LogP) is 3.37. The first-order valence-electron chi connectivity index (χ1n) is 9.66. The number of hydrogen-bond donors (Lipinski definition) is 1. The zero-order valence-corrected chi connectivity index (χ0v) is 16.5. The minimum atomic E-state index is -1.43. The molecule has 0 aromatic heterocycles. The molecule has 7 nitrogen and oxygen atoms in total. The highest BCUT2D eigenvalue weighted by molar-refractivity contribution is 6.00. The van der Waals surface area contributed by atoms with Crippen molar-refractivity contribution in [1.29, 1.82) is 0 Å². The van der Waals surface area contributed by atoms with Crippen molar-refractivity contribution in [3.63, 3.8) is 0 Å².